The highest BCUT2D eigenvalue weighted by Crippen LogP contribution is 2.19. The summed E-state index contributed by atoms with van der Waals surface area (Å²) in [5.74, 6) is 0.275. The molecule has 1 fully saturated rings. The van der Waals surface area contributed by atoms with E-state index < -0.39 is 6.10 Å². The van der Waals surface area contributed by atoms with Crippen LogP contribution in [0.25, 0.3) is 0 Å². The molecule has 1 aromatic carbocycles. The number of benzene rings is 1. The van der Waals surface area contributed by atoms with Gasteiger partial charge in [0.2, 0.25) is 5.91 Å². The lowest BCUT2D eigenvalue weighted by Crippen LogP contribution is -2.55. The highest BCUT2D eigenvalue weighted by Gasteiger charge is 2.30. The number of likely N-dealkylation sites (N-methyl/N-ethyl adjacent to an activating group) is 1. The number of ether oxygens (including phenoxy) is 1. The number of piperidine rings is 1. The third kappa shape index (κ3) is 5.17. The molecular weight excluding hydrogens is 322 g/mol. The van der Waals surface area contributed by atoms with Gasteiger partial charge in [0.05, 0.1) is 30.9 Å². The molecule has 0 radical (unpaired) electrons. The summed E-state index contributed by atoms with van der Waals surface area (Å²) < 4.78 is 5.48. The van der Waals surface area contributed by atoms with Crippen LogP contribution in [0, 0.1) is 0 Å². The van der Waals surface area contributed by atoms with Gasteiger partial charge in [-0.1, -0.05) is 12.1 Å². The first-order chi connectivity index (χ1) is 11.9. The first kappa shape index (κ1) is 19.2. The summed E-state index contributed by atoms with van der Waals surface area (Å²) in [7, 11) is 3.42. The van der Waals surface area contributed by atoms with Gasteiger partial charge in [0.1, 0.15) is 5.75 Å². The van der Waals surface area contributed by atoms with Gasteiger partial charge in [-0.05, 0) is 25.5 Å². The molecule has 2 atom stereocenters. The number of nitrogens with one attached hydrogen (secondary N) is 1. The Morgan fingerprint density at radius 2 is 2.08 bits per heavy atom. The summed E-state index contributed by atoms with van der Waals surface area (Å²) in [6.45, 7) is 3.62. The van der Waals surface area contributed by atoms with Crippen LogP contribution in [-0.2, 0) is 4.79 Å². The van der Waals surface area contributed by atoms with Gasteiger partial charge >= 0.3 is 0 Å². The number of hydrogen-bond donors (Lipinski definition) is 2. The molecule has 2 N–H and O–H groups in total. The molecule has 0 unspecified atom stereocenters. The summed E-state index contributed by atoms with van der Waals surface area (Å²) in [6, 6.07) is 6.72. The average Bonchev–Trinajstić information content (AvgIpc) is 2.58. The van der Waals surface area contributed by atoms with Gasteiger partial charge < -0.3 is 20.1 Å². The molecule has 7 nitrogen and oxygen atoms in total. The number of β-amino-alcohol motifs (C(OH)–C–C–N with tert-alkyl or cyclic N) is 1. The fourth-order valence-electron chi connectivity index (χ4n) is 2.82. The maximum Gasteiger partial charge on any atom is 0.255 e. The minimum Gasteiger partial charge on any atom is -0.493 e. The van der Waals surface area contributed by atoms with Gasteiger partial charge in [0, 0.05) is 27.2 Å². The second-order valence-corrected chi connectivity index (χ2v) is 6.39. The van der Waals surface area contributed by atoms with Crippen molar-refractivity contribution in [2.45, 2.75) is 25.5 Å². The molecule has 7 heteroatoms. The van der Waals surface area contributed by atoms with E-state index in [2.05, 4.69) is 5.32 Å². The van der Waals surface area contributed by atoms with E-state index in [0.29, 0.717) is 37.4 Å². The molecular formula is C18H27N3O4. The number of rotatable bonds is 6. The number of hydrogen-bond acceptors (Lipinski definition) is 5. The van der Waals surface area contributed by atoms with E-state index in [4.69, 9.17) is 4.74 Å². The number of aliphatic hydroxyl groups excluding tert-OH is 1. The molecule has 1 heterocycles. The quantitative estimate of drug-likeness (QED) is 0.774. The third-order valence-electron chi connectivity index (χ3n) is 4.27. The van der Waals surface area contributed by atoms with Crippen molar-refractivity contribution in [2.75, 3.05) is 40.3 Å². The van der Waals surface area contributed by atoms with Crippen molar-refractivity contribution >= 4 is 11.8 Å². The van der Waals surface area contributed by atoms with Gasteiger partial charge in [-0.25, -0.2) is 0 Å². The summed E-state index contributed by atoms with van der Waals surface area (Å²) in [6.07, 6.45) is -0.128. The molecule has 2 rings (SSSR count). The molecule has 0 aliphatic carbocycles. The zero-order chi connectivity index (χ0) is 18.4. The molecule has 0 spiro atoms. The number of carbonyl (C=O) groups excluding carboxylic acids is 2. The van der Waals surface area contributed by atoms with Crippen LogP contribution in [-0.4, -0.2) is 79.2 Å². The molecule has 25 heavy (non-hydrogen) atoms. The lowest BCUT2D eigenvalue weighted by atomic mass is 10.0. The van der Waals surface area contributed by atoms with Crippen LogP contribution < -0.4 is 10.1 Å². The molecule has 0 saturated carbocycles. The van der Waals surface area contributed by atoms with Crippen LogP contribution in [0.1, 0.15) is 23.7 Å². The van der Waals surface area contributed by atoms with Crippen molar-refractivity contribution in [1.82, 2.24) is 15.1 Å². The molecule has 138 valence electrons. The standard InChI is InChI=1S/C18H27N3O4/c1-4-25-16-8-6-5-7-13(16)18(24)19-14-9-10-21(11-15(14)22)12-17(23)20(2)3/h5-8,14-15,22H,4,9-12H2,1-3H3,(H,19,24)/t14-,15-/m1/s1. The lowest BCUT2D eigenvalue weighted by Gasteiger charge is -2.36. The van der Waals surface area contributed by atoms with Crippen molar-refractivity contribution in [1.29, 1.82) is 0 Å². The fourth-order valence-corrected chi connectivity index (χ4v) is 2.82. The number of aliphatic hydroxyl groups is 1. The van der Waals surface area contributed by atoms with Crippen molar-refractivity contribution in [3.63, 3.8) is 0 Å². The van der Waals surface area contributed by atoms with Gasteiger partial charge in [-0.3, -0.25) is 14.5 Å². The van der Waals surface area contributed by atoms with Gasteiger partial charge in [-0.15, -0.1) is 0 Å². The topological polar surface area (TPSA) is 82.1 Å². The third-order valence-corrected chi connectivity index (χ3v) is 4.27. The number of likely N-dealkylation sites (tertiary alicyclic amines) is 1. The maximum absolute atomic E-state index is 12.5. The Balaban J connectivity index is 1.94. The zero-order valence-corrected chi connectivity index (χ0v) is 15.1. The Labute approximate surface area is 148 Å². The van der Waals surface area contributed by atoms with Crippen LogP contribution >= 0.6 is 0 Å². The molecule has 0 aromatic heterocycles. The first-order valence-corrected chi connectivity index (χ1v) is 8.55. The Bertz CT molecular complexity index is 606. The summed E-state index contributed by atoms with van der Waals surface area (Å²) in [5.41, 5.74) is 0.460. The SMILES string of the molecule is CCOc1ccccc1C(=O)N[C@@H]1CCN(CC(=O)N(C)C)C[C@H]1O. The normalized spacial score (nSPS) is 20.8. The van der Waals surface area contributed by atoms with Crippen LogP contribution in [0.15, 0.2) is 24.3 Å². The molecule has 1 aliphatic heterocycles. The van der Waals surface area contributed by atoms with E-state index in [-0.39, 0.29) is 24.4 Å². The number of para-hydroxylation sites is 1. The summed E-state index contributed by atoms with van der Waals surface area (Å²) in [4.78, 5) is 27.7. The average molecular weight is 349 g/mol. The lowest BCUT2D eigenvalue weighted by molar-refractivity contribution is -0.130. The van der Waals surface area contributed by atoms with Crippen LogP contribution in [0.3, 0.4) is 0 Å². The van der Waals surface area contributed by atoms with Gasteiger partial charge in [-0.2, -0.15) is 0 Å². The van der Waals surface area contributed by atoms with Crippen molar-refractivity contribution in [3.8, 4) is 5.75 Å². The number of carbonyl (C=O) groups is 2. The largest absolute Gasteiger partial charge is 0.493 e. The predicted octanol–water partition coefficient (Wildman–Crippen LogP) is 0.339. The smallest absolute Gasteiger partial charge is 0.255 e. The first-order valence-electron chi connectivity index (χ1n) is 8.55. The van der Waals surface area contributed by atoms with E-state index >= 15 is 0 Å². The minimum absolute atomic E-state index is 0.000303. The summed E-state index contributed by atoms with van der Waals surface area (Å²) >= 11 is 0. The summed E-state index contributed by atoms with van der Waals surface area (Å²) in [5, 5.41) is 13.2. The minimum atomic E-state index is -0.716. The van der Waals surface area contributed by atoms with Crippen molar-refractivity contribution < 1.29 is 19.4 Å². The highest BCUT2D eigenvalue weighted by molar-refractivity contribution is 5.97. The van der Waals surface area contributed by atoms with Crippen LogP contribution in [0.4, 0.5) is 0 Å². The number of nitrogens with zero attached hydrogens (tertiary/aromatic N) is 2. The van der Waals surface area contributed by atoms with Crippen LogP contribution in [0.5, 0.6) is 5.75 Å². The molecule has 1 saturated heterocycles. The zero-order valence-electron chi connectivity index (χ0n) is 15.1. The molecule has 1 aromatic rings. The molecule has 0 bridgehead atoms. The molecule has 1 aliphatic rings. The monoisotopic (exact) mass is 349 g/mol. The Hall–Kier alpha value is -2.12. The van der Waals surface area contributed by atoms with E-state index in [1.807, 2.05) is 17.9 Å². The predicted molar refractivity (Wildman–Crippen MR) is 94.6 cm³/mol. The molecule has 2 amide bonds. The van der Waals surface area contributed by atoms with Gasteiger partial charge in [0.15, 0.2) is 0 Å². The van der Waals surface area contributed by atoms with E-state index in [9.17, 15) is 14.7 Å². The fraction of sp³-hybridized carbons (Fsp3) is 0.556. The van der Waals surface area contributed by atoms with E-state index in [0.717, 1.165) is 0 Å². The second kappa shape index (κ2) is 8.82. The maximum atomic E-state index is 12.5. The van der Waals surface area contributed by atoms with E-state index in [1.165, 1.54) is 4.90 Å². The van der Waals surface area contributed by atoms with E-state index in [1.54, 1.807) is 32.3 Å². The van der Waals surface area contributed by atoms with Crippen LogP contribution in [0.2, 0.25) is 0 Å². The van der Waals surface area contributed by atoms with Crippen molar-refractivity contribution in [2.24, 2.45) is 0 Å². The highest BCUT2D eigenvalue weighted by atomic mass is 16.5. The Morgan fingerprint density at radius 1 is 1.36 bits per heavy atom. The Morgan fingerprint density at radius 3 is 2.72 bits per heavy atom. The van der Waals surface area contributed by atoms with Gasteiger partial charge in [0.25, 0.3) is 5.91 Å². The van der Waals surface area contributed by atoms with Crippen molar-refractivity contribution in [3.05, 3.63) is 29.8 Å². The Kier molecular flexibility index (Phi) is 6.78. The second-order valence-electron chi connectivity index (χ2n) is 6.39. The number of amides is 2.